The molecule has 0 bridgehead atoms. The molecule has 0 saturated heterocycles. The zero-order chi connectivity index (χ0) is 17.0. The molecule has 0 amide bonds. The minimum absolute atomic E-state index is 0.758. The molecule has 1 aliphatic carbocycles. The number of nitrogens with two attached hydrogens (primary N) is 1. The number of hydrogen-bond acceptors (Lipinski definition) is 1. The minimum atomic E-state index is 0.758. The van der Waals surface area contributed by atoms with Gasteiger partial charge in [0.2, 0.25) is 0 Å². The van der Waals surface area contributed by atoms with Gasteiger partial charge in [-0.25, -0.2) is 0 Å². The van der Waals surface area contributed by atoms with Crippen LogP contribution in [0.15, 0.2) is 48.1 Å². The number of anilines is 1. The normalized spacial score (nSPS) is 21.5. The Morgan fingerprint density at radius 2 is 1.75 bits per heavy atom. The van der Waals surface area contributed by atoms with Gasteiger partial charge < -0.3 is 5.73 Å². The summed E-state index contributed by atoms with van der Waals surface area (Å²) in [6, 6.07) is 8.32. The van der Waals surface area contributed by atoms with Crippen LogP contribution in [0.5, 0.6) is 0 Å². The summed E-state index contributed by atoms with van der Waals surface area (Å²) in [6.07, 6.45) is 21.8. The molecule has 0 aliphatic heterocycles. The van der Waals surface area contributed by atoms with Gasteiger partial charge in [0.25, 0.3) is 0 Å². The average molecular weight is 326 g/mol. The van der Waals surface area contributed by atoms with Crippen LogP contribution in [0.2, 0.25) is 0 Å². The number of nitrogen functional groups attached to an aromatic ring is 1. The SMILES string of the molecule is CC1/C=C\C(CCCCCCCCc2cccc(N)c2)=C/CCC1. The van der Waals surface area contributed by atoms with Gasteiger partial charge in [-0.3, -0.25) is 0 Å². The third kappa shape index (κ3) is 7.86. The summed E-state index contributed by atoms with van der Waals surface area (Å²) in [5.74, 6) is 0.758. The molecule has 0 heterocycles. The van der Waals surface area contributed by atoms with E-state index in [1.165, 1.54) is 76.2 Å². The maximum atomic E-state index is 5.82. The zero-order valence-electron chi connectivity index (χ0n) is 15.5. The second kappa shape index (κ2) is 11.1. The Hall–Kier alpha value is -1.50. The average Bonchev–Trinajstić information content (AvgIpc) is 2.56. The summed E-state index contributed by atoms with van der Waals surface area (Å²) < 4.78 is 0. The Balaban J connectivity index is 1.50. The second-order valence-electron chi connectivity index (χ2n) is 7.41. The van der Waals surface area contributed by atoms with E-state index >= 15 is 0 Å². The number of allylic oxidation sites excluding steroid dienone is 4. The van der Waals surface area contributed by atoms with Crippen LogP contribution in [-0.2, 0) is 6.42 Å². The van der Waals surface area contributed by atoms with Crippen molar-refractivity contribution in [3.63, 3.8) is 0 Å². The maximum Gasteiger partial charge on any atom is 0.0316 e. The number of rotatable bonds is 9. The maximum absolute atomic E-state index is 5.82. The van der Waals surface area contributed by atoms with Crippen molar-refractivity contribution in [3.05, 3.63) is 53.6 Å². The predicted molar refractivity (Wildman–Crippen MR) is 107 cm³/mol. The summed E-state index contributed by atoms with van der Waals surface area (Å²) in [5.41, 5.74) is 9.66. The topological polar surface area (TPSA) is 26.0 Å². The molecular weight excluding hydrogens is 290 g/mol. The van der Waals surface area contributed by atoms with Gasteiger partial charge in [0.05, 0.1) is 0 Å². The Morgan fingerprint density at radius 1 is 1.00 bits per heavy atom. The first-order chi connectivity index (χ1) is 11.7. The van der Waals surface area contributed by atoms with Crippen molar-refractivity contribution in [2.75, 3.05) is 5.73 Å². The molecule has 1 atom stereocenters. The van der Waals surface area contributed by atoms with Gasteiger partial charge in [-0.15, -0.1) is 0 Å². The fourth-order valence-electron chi connectivity index (χ4n) is 3.48. The molecule has 2 N–H and O–H groups in total. The highest BCUT2D eigenvalue weighted by molar-refractivity contribution is 5.40. The molecule has 1 unspecified atom stereocenters. The van der Waals surface area contributed by atoms with Crippen molar-refractivity contribution in [2.24, 2.45) is 5.92 Å². The van der Waals surface area contributed by atoms with Gasteiger partial charge in [-0.2, -0.15) is 0 Å². The molecule has 0 radical (unpaired) electrons. The first kappa shape index (κ1) is 18.8. The fraction of sp³-hybridized carbons (Fsp3) is 0.565. The van der Waals surface area contributed by atoms with E-state index in [0.717, 1.165) is 11.6 Å². The lowest BCUT2D eigenvalue weighted by atomic mass is 9.96. The summed E-state index contributed by atoms with van der Waals surface area (Å²) in [5, 5.41) is 0. The molecule has 0 saturated carbocycles. The van der Waals surface area contributed by atoms with Crippen LogP contribution in [0.25, 0.3) is 0 Å². The highest BCUT2D eigenvalue weighted by Crippen LogP contribution is 2.20. The van der Waals surface area contributed by atoms with Crippen LogP contribution in [0.3, 0.4) is 0 Å². The van der Waals surface area contributed by atoms with Crippen molar-refractivity contribution >= 4 is 5.69 Å². The molecule has 1 heteroatoms. The summed E-state index contributed by atoms with van der Waals surface area (Å²) >= 11 is 0. The first-order valence-corrected chi connectivity index (χ1v) is 9.96. The van der Waals surface area contributed by atoms with E-state index in [0.29, 0.717) is 0 Å². The fourth-order valence-corrected chi connectivity index (χ4v) is 3.48. The van der Waals surface area contributed by atoms with E-state index in [1.807, 2.05) is 6.07 Å². The third-order valence-corrected chi connectivity index (χ3v) is 5.04. The van der Waals surface area contributed by atoms with Crippen molar-refractivity contribution in [1.82, 2.24) is 0 Å². The van der Waals surface area contributed by atoms with Crippen molar-refractivity contribution in [3.8, 4) is 0 Å². The molecule has 1 aromatic rings. The zero-order valence-corrected chi connectivity index (χ0v) is 15.5. The van der Waals surface area contributed by atoms with Crippen LogP contribution in [0.1, 0.15) is 76.7 Å². The molecule has 1 aromatic carbocycles. The monoisotopic (exact) mass is 325 g/mol. The van der Waals surface area contributed by atoms with Crippen LogP contribution < -0.4 is 5.73 Å². The van der Waals surface area contributed by atoms with E-state index < -0.39 is 0 Å². The number of hydrogen-bond donors (Lipinski definition) is 1. The summed E-state index contributed by atoms with van der Waals surface area (Å²) in [4.78, 5) is 0. The lowest BCUT2D eigenvalue weighted by Gasteiger charge is -2.10. The van der Waals surface area contributed by atoms with Gasteiger partial charge in [-0.1, -0.05) is 68.5 Å². The molecule has 1 nitrogen and oxygen atoms in total. The molecular formula is C23H35N. The molecule has 24 heavy (non-hydrogen) atoms. The van der Waals surface area contributed by atoms with Gasteiger partial charge in [0.15, 0.2) is 0 Å². The molecule has 0 fully saturated rings. The summed E-state index contributed by atoms with van der Waals surface area (Å²) in [6.45, 7) is 2.34. The largest absolute Gasteiger partial charge is 0.399 e. The Bertz CT molecular complexity index is 527. The lowest BCUT2D eigenvalue weighted by Crippen LogP contribution is -1.93. The van der Waals surface area contributed by atoms with Crippen LogP contribution >= 0.6 is 0 Å². The summed E-state index contributed by atoms with van der Waals surface area (Å²) in [7, 11) is 0. The molecule has 2 rings (SSSR count). The minimum Gasteiger partial charge on any atom is -0.399 e. The second-order valence-corrected chi connectivity index (χ2v) is 7.41. The van der Waals surface area contributed by atoms with E-state index in [4.69, 9.17) is 5.73 Å². The molecule has 0 aromatic heterocycles. The molecule has 1 aliphatic rings. The molecule has 132 valence electrons. The van der Waals surface area contributed by atoms with E-state index in [2.05, 4.69) is 43.4 Å². The van der Waals surface area contributed by atoms with E-state index in [9.17, 15) is 0 Å². The quantitative estimate of drug-likeness (QED) is 0.390. The number of unbranched alkanes of at least 4 members (excludes halogenated alkanes) is 5. The predicted octanol–water partition coefficient (Wildman–Crippen LogP) is 6.84. The van der Waals surface area contributed by atoms with Crippen molar-refractivity contribution in [2.45, 2.75) is 77.6 Å². The van der Waals surface area contributed by atoms with Crippen LogP contribution in [0, 0.1) is 5.92 Å². The Morgan fingerprint density at radius 3 is 2.54 bits per heavy atom. The Labute approximate surface area is 149 Å². The number of aryl methyl sites for hydroxylation is 1. The molecule has 0 spiro atoms. The Kier molecular flexibility index (Phi) is 8.73. The van der Waals surface area contributed by atoms with Gasteiger partial charge in [-0.05, 0) is 68.6 Å². The van der Waals surface area contributed by atoms with Crippen LogP contribution in [0.4, 0.5) is 5.69 Å². The van der Waals surface area contributed by atoms with Gasteiger partial charge in [0, 0.05) is 5.69 Å². The first-order valence-electron chi connectivity index (χ1n) is 9.96. The highest BCUT2D eigenvalue weighted by Gasteiger charge is 2.02. The standard InChI is InChI=1S/C23H35N/c1-20-11-8-9-13-21(18-17-20)12-6-4-2-3-5-7-14-22-15-10-16-23(24)19-22/h10,13,15-20H,2-9,11-12,14,24H2,1H3/b18-17-,21-13-. The van der Waals surface area contributed by atoms with Crippen molar-refractivity contribution in [1.29, 1.82) is 0 Å². The smallest absolute Gasteiger partial charge is 0.0316 e. The van der Waals surface area contributed by atoms with E-state index in [1.54, 1.807) is 5.57 Å². The lowest BCUT2D eigenvalue weighted by molar-refractivity contribution is 0.588. The van der Waals surface area contributed by atoms with Crippen molar-refractivity contribution < 1.29 is 0 Å². The highest BCUT2D eigenvalue weighted by atomic mass is 14.5. The third-order valence-electron chi connectivity index (χ3n) is 5.04. The van der Waals surface area contributed by atoms with E-state index in [-0.39, 0.29) is 0 Å². The van der Waals surface area contributed by atoms with Gasteiger partial charge in [0.1, 0.15) is 0 Å². The number of benzene rings is 1. The van der Waals surface area contributed by atoms with Crippen LogP contribution in [-0.4, -0.2) is 0 Å². The van der Waals surface area contributed by atoms with Gasteiger partial charge >= 0.3 is 0 Å².